The van der Waals surface area contributed by atoms with E-state index >= 15 is 0 Å². The average molecular weight is 310 g/mol. The number of nitrogens with one attached hydrogen (secondary N) is 2. The van der Waals surface area contributed by atoms with Crippen molar-refractivity contribution in [3.8, 4) is 0 Å². The first kappa shape index (κ1) is 17.7. The lowest BCUT2D eigenvalue weighted by Crippen LogP contribution is -2.55. The standard InChI is InChI=1S/C12H21F3N4O2/c1-8(11(21)18-7-12(13,14)15)19(6-10(16)20)9-2-4-17-5-3-9/h8-9,17H,2-7H2,1H3,(H2,16,20)(H,18,21). The predicted molar refractivity (Wildman–Crippen MR) is 70.3 cm³/mol. The lowest BCUT2D eigenvalue weighted by atomic mass is 10.0. The topological polar surface area (TPSA) is 87.5 Å². The van der Waals surface area contributed by atoms with E-state index in [4.69, 9.17) is 5.73 Å². The van der Waals surface area contributed by atoms with Crippen molar-refractivity contribution in [1.29, 1.82) is 0 Å². The second-order valence-corrected chi connectivity index (χ2v) is 5.13. The number of halogens is 3. The van der Waals surface area contributed by atoms with Crippen molar-refractivity contribution in [2.24, 2.45) is 5.73 Å². The fraction of sp³-hybridized carbons (Fsp3) is 0.833. The third kappa shape index (κ3) is 6.30. The third-order valence-electron chi connectivity index (χ3n) is 3.46. The number of primary amides is 1. The summed E-state index contributed by atoms with van der Waals surface area (Å²) in [5.74, 6) is -1.36. The minimum Gasteiger partial charge on any atom is -0.369 e. The van der Waals surface area contributed by atoms with Crippen molar-refractivity contribution in [2.45, 2.75) is 38.0 Å². The molecule has 1 heterocycles. The molecule has 1 fully saturated rings. The quantitative estimate of drug-likeness (QED) is 0.622. The van der Waals surface area contributed by atoms with E-state index < -0.39 is 30.6 Å². The number of carbonyl (C=O) groups is 2. The first-order chi connectivity index (χ1) is 9.70. The van der Waals surface area contributed by atoms with Crippen LogP contribution < -0.4 is 16.4 Å². The second-order valence-electron chi connectivity index (χ2n) is 5.13. The van der Waals surface area contributed by atoms with Crippen LogP contribution in [0.4, 0.5) is 13.2 Å². The Hall–Kier alpha value is -1.35. The number of hydrogen-bond donors (Lipinski definition) is 3. The minimum atomic E-state index is -4.46. The molecule has 0 spiro atoms. The number of piperidine rings is 1. The molecule has 0 bridgehead atoms. The van der Waals surface area contributed by atoms with E-state index in [1.165, 1.54) is 6.92 Å². The average Bonchev–Trinajstić information content (AvgIpc) is 2.41. The van der Waals surface area contributed by atoms with Crippen LogP contribution in [0.1, 0.15) is 19.8 Å². The number of nitrogens with zero attached hydrogens (tertiary/aromatic N) is 1. The smallest absolute Gasteiger partial charge is 0.369 e. The van der Waals surface area contributed by atoms with Gasteiger partial charge in [-0.25, -0.2) is 0 Å². The Kier molecular flexibility index (Phi) is 6.41. The number of amides is 2. The van der Waals surface area contributed by atoms with Gasteiger partial charge in [0, 0.05) is 6.04 Å². The molecule has 1 unspecified atom stereocenters. The molecule has 0 saturated carbocycles. The Labute approximate surface area is 121 Å². The zero-order chi connectivity index (χ0) is 16.0. The summed E-state index contributed by atoms with van der Waals surface area (Å²) in [6, 6.07) is -0.895. The fourth-order valence-electron chi connectivity index (χ4n) is 2.39. The summed E-state index contributed by atoms with van der Waals surface area (Å²) >= 11 is 0. The van der Waals surface area contributed by atoms with Gasteiger partial charge in [-0.3, -0.25) is 14.5 Å². The van der Waals surface area contributed by atoms with Crippen molar-refractivity contribution in [1.82, 2.24) is 15.5 Å². The Bertz CT molecular complexity index is 370. The van der Waals surface area contributed by atoms with E-state index in [1.54, 1.807) is 4.90 Å². The molecular weight excluding hydrogens is 289 g/mol. The summed E-state index contributed by atoms with van der Waals surface area (Å²) < 4.78 is 36.4. The molecule has 122 valence electrons. The molecule has 1 saturated heterocycles. The summed E-state index contributed by atoms with van der Waals surface area (Å²) in [4.78, 5) is 24.6. The van der Waals surface area contributed by atoms with Gasteiger partial charge >= 0.3 is 6.18 Å². The maximum Gasteiger partial charge on any atom is 0.405 e. The van der Waals surface area contributed by atoms with Crippen LogP contribution in [0.25, 0.3) is 0 Å². The molecule has 0 aromatic rings. The van der Waals surface area contributed by atoms with E-state index in [-0.39, 0.29) is 12.6 Å². The first-order valence-electron chi connectivity index (χ1n) is 6.80. The van der Waals surface area contributed by atoms with Crippen molar-refractivity contribution in [3.63, 3.8) is 0 Å². The molecule has 0 aromatic heterocycles. The Morgan fingerprint density at radius 2 is 1.95 bits per heavy atom. The number of carbonyl (C=O) groups excluding carboxylic acids is 2. The lowest BCUT2D eigenvalue weighted by Gasteiger charge is -2.37. The zero-order valence-corrected chi connectivity index (χ0v) is 11.9. The third-order valence-corrected chi connectivity index (χ3v) is 3.46. The predicted octanol–water partition coefficient (Wildman–Crippen LogP) is -0.407. The molecule has 2 amide bonds. The molecule has 6 nitrogen and oxygen atoms in total. The molecule has 1 aliphatic rings. The minimum absolute atomic E-state index is 0.0506. The maximum atomic E-state index is 12.1. The van der Waals surface area contributed by atoms with Crippen molar-refractivity contribution < 1.29 is 22.8 Å². The van der Waals surface area contributed by atoms with Crippen LogP contribution in [0.3, 0.4) is 0 Å². The Morgan fingerprint density at radius 3 is 2.43 bits per heavy atom. The summed E-state index contributed by atoms with van der Waals surface area (Å²) in [5.41, 5.74) is 5.17. The van der Waals surface area contributed by atoms with E-state index in [1.807, 2.05) is 5.32 Å². The summed E-state index contributed by atoms with van der Waals surface area (Å²) in [6.45, 7) is 1.42. The van der Waals surface area contributed by atoms with Crippen molar-refractivity contribution in [3.05, 3.63) is 0 Å². The molecular formula is C12H21F3N4O2. The highest BCUT2D eigenvalue weighted by Crippen LogP contribution is 2.16. The zero-order valence-electron chi connectivity index (χ0n) is 11.9. The number of rotatable bonds is 6. The van der Waals surface area contributed by atoms with Crippen molar-refractivity contribution >= 4 is 11.8 Å². The second kappa shape index (κ2) is 7.60. The summed E-state index contributed by atoms with van der Waals surface area (Å²) in [7, 11) is 0. The van der Waals surface area contributed by atoms with Gasteiger partial charge in [0.25, 0.3) is 0 Å². The number of alkyl halides is 3. The monoisotopic (exact) mass is 310 g/mol. The van der Waals surface area contributed by atoms with Crippen LogP contribution in [0.2, 0.25) is 0 Å². The number of nitrogens with two attached hydrogens (primary N) is 1. The number of hydrogen-bond acceptors (Lipinski definition) is 4. The molecule has 4 N–H and O–H groups in total. The molecule has 1 aliphatic heterocycles. The summed E-state index contributed by atoms with van der Waals surface area (Å²) in [6.07, 6.45) is -3.03. The van der Waals surface area contributed by atoms with Crippen molar-refractivity contribution in [2.75, 3.05) is 26.2 Å². The van der Waals surface area contributed by atoms with Crippen LogP contribution in [0, 0.1) is 0 Å². The van der Waals surface area contributed by atoms with Gasteiger partial charge < -0.3 is 16.4 Å². The van der Waals surface area contributed by atoms with Gasteiger partial charge in [0.2, 0.25) is 11.8 Å². The van der Waals surface area contributed by atoms with Gasteiger partial charge in [-0.05, 0) is 32.9 Å². The molecule has 1 atom stereocenters. The summed E-state index contributed by atoms with van der Waals surface area (Å²) in [5, 5.41) is 4.99. The lowest BCUT2D eigenvalue weighted by molar-refractivity contribution is -0.142. The molecule has 0 aromatic carbocycles. The van der Waals surface area contributed by atoms with Crippen LogP contribution in [-0.4, -0.2) is 61.2 Å². The Morgan fingerprint density at radius 1 is 1.38 bits per heavy atom. The van der Waals surface area contributed by atoms with Gasteiger partial charge in [-0.1, -0.05) is 0 Å². The highest BCUT2D eigenvalue weighted by Gasteiger charge is 2.33. The Balaban J connectivity index is 2.67. The van der Waals surface area contributed by atoms with Crippen LogP contribution in [0.5, 0.6) is 0 Å². The van der Waals surface area contributed by atoms with Crippen LogP contribution >= 0.6 is 0 Å². The highest BCUT2D eigenvalue weighted by molar-refractivity contribution is 5.83. The normalized spacial score (nSPS) is 18.5. The van der Waals surface area contributed by atoms with Gasteiger partial charge in [-0.2, -0.15) is 13.2 Å². The van der Waals surface area contributed by atoms with E-state index in [9.17, 15) is 22.8 Å². The molecule has 9 heteroatoms. The fourth-order valence-corrected chi connectivity index (χ4v) is 2.39. The molecule has 21 heavy (non-hydrogen) atoms. The van der Waals surface area contributed by atoms with Gasteiger partial charge in [0.05, 0.1) is 12.6 Å². The largest absolute Gasteiger partial charge is 0.405 e. The van der Waals surface area contributed by atoms with Crippen LogP contribution in [0.15, 0.2) is 0 Å². The molecule has 0 aliphatic carbocycles. The molecule has 0 radical (unpaired) electrons. The highest BCUT2D eigenvalue weighted by atomic mass is 19.4. The van der Waals surface area contributed by atoms with Crippen LogP contribution in [-0.2, 0) is 9.59 Å². The van der Waals surface area contributed by atoms with E-state index in [2.05, 4.69) is 5.32 Å². The van der Waals surface area contributed by atoms with Gasteiger partial charge in [0.15, 0.2) is 0 Å². The van der Waals surface area contributed by atoms with Gasteiger partial charge in [0.1, 0.15) is 6.54 Å². The SMILES string of the molecule is CC(C(=O)NCC(F)(F)F)N(CC(N)=O)C1CCNCC1. The van der Waals surface area contributed by atoms with E-state index in [0.29, 0.717) is 12.8 Å². The van der Waals surface area contributed by atoms with Gasteiger partial charge in [-0.15, -0.1) is 0 Å². The maximum absolute atomic E-state index is 12.1. The molecule has 1 rings (SSSR count). The van der Waals surface area contributed by atoms with E-state index in [0.717, 1.165) is 13.1 Å². The first-order valence-corrected chi connectivity index (χ1v) is 6.80.